The average Bonchev–Trinajstić information content (AvgIpc) is 3.63. The molecule has 4 aromatic rings. The summed E-state index contributed by atoms with van der Waals surface area (Å²) in [6.45, 7) is 1.54. The molecular formula is C31H29ClF6N6O2S. The Kier molecular flexibility index (Phi) is 9.32. The number of nitrogen functional groups attached to an aromatic ring is 1. The van der Waals surface area contributed by atoms with Crippen molar-refractivity contribution in [1.82, 2.24) is 14.9 Å². The molecule has 0 amide bonds. The highest BCUT2D eigenvalue weighted by Crippen LogP contribution is 2.46. The summed E-state index contributed by atoms with van der Waals surface area (Å²) >= 11 is 7.36. The summed E-state index contributed by atoms with van der Waals surface area (Å²) in [5, 5.41) is 9.44. The number of hydrogen-bond acceptors (Lipinski definition) is 9. The van der Waals surface area contributed by atoms with Gasteiger partial charge in [0.05, 0.1) is 29.0 Å². The van der Waals surface area contributed by atoms with Crippen LogP contribution in [0.5, 0.6) is 6.01 Å². The first-order valence-corrected chi connectivity index (χ1v) is 16.1. The van der Waals surface area contributed by atoms with E-state index in [4.69, 9.17) is 26.8 Å². The van der Waals surface area contributed by atoms with E-state index in [2.05, 4.69) is 14.9 Å². The van der Waals surface area contributed by atoms with Crippen molar-refractivity contribution < 1.29 is 35.8 Å². The van der Waals surface area contributed by atoms with Crippen molar-refractivity contribution in [2.24, 2.45) is 0 Å². The van der Waals surface area contributed by atoms with Gasteiger partial charge in [0, 0.05) is 42.1 Å². The van der Waals surface area contributed by atoms with Crippen LogP contribution in [0.1, 0.15) is 31.2 Å². The van der Waals surface area contributed by atoms with Crippen LogP contribution in [-0.4, -0.2) is 79.3 Å². The summed E-state index contributed by atoms with van der Waals surface area (Å²) in [4.78, 5) is 11.5. The van der Waals surface area contributed by atoms with Gasteiger partial charge in [-0.15, -0.1) is 11.3 Å². The second-order valence-corrected chi connectivity index (χ2v) is 13.0. The highest BCUT2D eigenvalue weighted by molar-refractivity contribution is 7.23. The Morgan fingerprint density at radius 3 is 2.66 bits per heavy atom. The summed E-state index contributed by atoms with van der Waals surface area (Å²) in [5.41, 5.74) is 5.34. The van der Waals surface area contributed by atoms with Crippen LogP contribution in [0.3, 0.4) is 0 Å². The summed E-state index contributed by atoms with van der Waals surface area (Å²) in [5.74, 6) is -1.90. The molecule has 3 aliphatic heterocycles. The number of rotatable bonds is 3. The number of aromatic nitrogens is 2. The number of ether oxygens (including phenoxy) is 2. The lowest BCUT2D eigenvalue weighted by atomic mass is 9.97. The molecule has 0 bridgehead atoms. The van der Waals surface area contributed by atoms with Gasteiger partial charge in [0.1, 0.15) is 40.4 Å². The smallest absolute Gasteiger partial charge is 0.408 e. The molecule has 8 nitrogen and oxygen atoms in total. The van der Waals surface area contributed by atoms with Gasteiger partial charge >= 0.3 is 12.2 Å². The fourth-order valence-corrected chi connectivity index (χ4v) is 7.86. The minimum Gasteiger partial charge on any atom is -0.467 e. The molecular weight excluding hydrogens is 670 g/mol. The normalized spacial score (nSPS) is 21.8. The molecule has 3 unspecified atom stereocenters. The van der Waals surface area contributed by atoms with Crippen LogP contribution in [0.25, 0.3) is 32.1 Å². The van der Waals surface area contributed by atoms with Crippen molar-refractivity contribution in [3.63, 3.8) is 0 Å². The second-order valence-electron chi connectivity index (χ2n) is 11.5. The molecule has 3 saturated heterocycles. The maximum absolute atomic E-state index is 16.3. The number of thiophene rings is 1. The first kappa shape index (κ1) is 33.3. The van der Waals surface area contributed by atoms with Gasteiger partial charge < -0.3 is 20.1 Å². The Balaban J connectivity index is 0.000000366. The van der Waals surface area contributed by atoms with E-state index in [0.29, 0.717) is 12.6 Å². The Bertz CT molecular complexity index is 1860. The van der Waals surface area contributed by atoms with E-state index in [0.717, 1.165) is 35.3 Å². The molecule has 2 aromatic heterocycles. The molecule has 0 spiro atoms. The molecule has 250 valence electrons. The van der Waals surface area contributed by atoms with Gasteiger partial charge in [0.25, 0.3) is 0 Å². The van der Waals surface area contributed by atoms with Gasteiger partial charge in [-0.3, -0.25) is 4.90 Å². The third kappa shape index (κ3) is 6.24. The molecule has 2 aromatic carbocycles. The van der Waals surface area contributed by atoms with E-state index in [1.165, 1.54) is 32.1 Å². The number of hydrogen-bond donors (Lipinski definition) is 1. The number of benzene rings is 2. The number of alkyl halides is 4. The van der Waals surface area contributed by atoms with Crippen LogP contribution >= 0.6 is 22.9 Å². The third-order valence-electron chi connectivity index (χ3n) is 8.72. The summed E-state index contributed by atoms with van der Waals surface area (Å²) in [6.07, 6.45) is -2.18. The van der Waals surface area contributed by atoms with Gasteiger partial charge in [-0.1, -0.05) is 17.7 Å². The van der Waals surface area contributed by atoms with Crippen LogP contribution in [-0.2, 0) is 4.74 Å². The number of methoxy groups -OCH3 is 1. The molecule has 7 rings (SSSR count). The predicted molar refractivity (Wildman–Crippen MR) is 168 cm³/mol. The van der Waals surface area contributed by atoms with Gasteiger partial charge in [-0.2, -0.15) is 28.4 Å². The summed E-state index contributed by atoms with van der Waals surface area (Å²) < 4.78 is 95.8. The van der Waals surface area contributed by atoms with E-state index in [-0.39, 0.29) is 85.7 Å². The quantitative estimate of drug-likeness (QED) is 0.223. The average molecular weight is 699 g/mol. The maximum Gasteiger partial charge on any atom is 0.408 e. The molecule has 2 N–H and O–H groups in total. The predicted octanol–water partition coefficient (Wildman–Crippen LogP) is 7.26. The second kappa shape index (κ2) is 13.1. The monoisotopic (exact) mass is 698 g/mol. The molecule has 5 heterocycles. The van der Waals surface area contributed by atoms with Gasteiger partial charge in [-0.05, 0) is 49.9 Å². The molecule has 0 aliphatic carbocycles. The molecule has 0 radical (unpaired) electrons. The SMILES string of the molecule is COc1nc(N2CCOCCC2C(F)(F)F)c2cc(Cl)c(-c3ccc(F)c4sc(N)c(C#N)c34)c(F)c2n1.FC1CC2CCCN2C1. The van der Waals surface area contributed by atoms with Crippen molar-refractivity contribution in [2.45, 2.75) is 50.1 Å². The zero-order valence-corrected chi connectivity index (χ0v) is 26.6. The van der Waals surface area contributed by atoms with Crippen molar-refractivity contribution in [2.75, 3.05) is 50.6 Å². The zero-order chi connectivity index (χ0) is 33.6. The highest BCUT2D eigenvalue weighted by Gasteiger charge is 2.45. The van der Waals surface area contributed by atoms with Crippen LogP contribution in [0, 0.1) is 23.0 Å². The summed E-state index contributed by atoms with van der Waals surface area (Å²) in [7, 11) is 1.20. The minimum absolute atomic E-state index is 0.0151. The topological polar surface area (TPSA) is 101 Å². The Morgan fingerprint density at radius 2 is 1.96 bits per heavy atom. The molecule has 3 atom stereocenters. The zero-order valence-electron chi connectivity index (χ0n) is 25.0. The molecule has 16 heteroatoms. The van der Waals surface area contributed by atoms with Crippen LogP contribution in [0.2, 0.25) is 5.02 Å². The van der Waals surface area contributed by atoms with E-state index in [9.17, 15) is 27.2 Å². The maximum atomic E-state index is 16.3. The Hall–Kier alpha value is -3.58. The molecule has 3 fully saturated rings. The van der Waals surface area contributed by atoms with Crippen LogP contribution in [0.15, 0.2) is 18.2 Å². The molecule has 3 aliphatic rings. The Morgan fingerprint density at radius 1 is 1.17 bits per heavy atom. The minimum atomic E-state index is -4.63. The van der Waals surface area contributed by atoms with Crippen molar-refractivity contribution in [1.29, 1.82) is 5.26 Å². The third-order valence-corrected chi connectivity index (χ3v) is 10.0. The van der Waals surface area contributed by atoms with Crippen molar-refractivity contribution >= 4 is 54.7 Å². The first-order valence-electron chi connectivity index (χ1n) is 14.9. The van der Waals surface area contributed by atoms with Gasteiger partial charge in [0.15, 0.2) is 5.82 Å². The van der Waals surface area contributed by atoms with Gasteiger partial charge in [-0.25, -0.2) is 13.2 Å². The number of nitriles is 1. The lowest BCUT2D eigenvalue weighted by Crippen LogP contribution is -2.46. The number of fused-ring (bicyclic) bond motifs is 3. The van der Waals surface area contributed by atoms with E-state index in [1.54, 1.807) is 0 Å². The number of nitrogens with zero attached hydrogens (tertiary/aromatic N) is 5. The van der Waals surface area contributed by atoms with Crippen molar-refractivity contribution in [3.8, 4) is 23.2 Å². The highest BCUT2D eigenvalue weighted by atomic mass is 35.5. The molecule has 0 saturated carbocycles. The van der Waals surface area contributed by atoms with Crippen molar-refractivity contribution in [3.05, 3.63) is 40.4 Å². The number of anilines is 2. The largest absolute Gasteiger partial charge is 0.467 e. The van der Waals surface area contributed by atoms with Crippen LogP contribution in [0.4, 0.5) is 37.2 Å². The molecule has 47 heavy (non-hydrogen) atoms. The van der Waals surface area contributed by atoms with Crippen LogP contribution < -0.4 is 15.4 Å². The van der Waals surface area contributed by atoms with E-state index in [1.807, 2.05) is 6.07 Å². The standard InChI is InChI=1S/C24H17ClF5N5O2S.C7H12FN/c1-36-23-33-19-11(22(34-23)35-5-7-37-6-4-15(35)24(28,29)30)8-13(25)17(18(19)27)10-2-3-14(26)20-16(10)12(9-31)21(32)38-20;8-6-4-7-2-1-3-9(7)5-6/h2-3,8,15H,4-7,32H2,1H3;6-7H,1-5H2. The number of nitrogens with two attached hydrogens (primary N) is 1. The Labute approximate surface area is 274 Å². The lowest BCUT2D eigenvalue weighted by Gasteiger charge is -2.32. The number of halogens is 7. The first-order chi connectivity index (χ1) is 22.4. The fourth-order valence-electron chi connectivity index (χ4n) is 6.62. The van der Waals surface area contributed by atoms with E-state index < -0.39 is 30.0 Å². The van der Waals surface area contributed by atoms with Gasteiger partial charge in [0.2, 0.25) is 0 Å². The fraction of sp³-hybridized carbons (Fsp3) is 0.452. The lowest BCUT2D eigenvalue weighted by molar-refractivity contribution is -0.150. The summed E-state index contributed by atoms with van der Waals surface area (Å²) in [6, 6.07) is 3.79. The van der Waals surface area contributed by atoms with E-state index >= 15 is 4.39 Å².